The molecular weight excluding hydrogens is 250 g/mol. The van der Waals surface area contributed by atoms with Crippen LogP contribution in [0.1, 0.15) is 45.1 Å². The molecule has 3 heteroatoms. The van der Waals surface area contributed by atoms with Crippen LogP contribution in [0.4, 0.5) is 0 Å². The zero-order valence-electron chi connectivity index (χ0n) is 13.1. The smallest absolute Gasteiger partial charge is 0.119 e. The van der Waals surface area contributed by atoms with E-state index in [4.69, 9.17) is 10.5 Å². The Bertz CT molecular complexity index is 394. The molecule has 0 spiro atoms. The van der Waals surface area contributed by atoms with Crippen molar-refractivity contribution in [2.24, 2.45) is 11.7 Å². The maximum Gasteiger partial charge on any atom is 0.119 e. The van der Waals surface area contributed by atoms with Crippen LogP contribution < -0.4 is 10.5 Å². The zero-order valence-corrected chi connectivity index (χ0v) is 13.1. The highest BCUT2D eigenvalue weighted by atomic mass is 16.5. The Hall–Kier alpha value is -1.06. The van der Waals surface area contributed by atoms with Crippen LogP contribution in [0.25, 0.3) is 0 Å². The van der Waals surface area contributed by atoms with E-state index in [1.54, 1.807) is 7.11 Å². The Morgan fingerprint density at radius 2 is 2.05 bits per heavy atom. The molecule has 0 saturated heterocycles. The Morgan fingerprint density at radius 3 is 2.55 bits per heavy atom. The van der Waals surface area contributed by atoms with Gasteiger partial charge in [0, 0.05) is 18.6 Å². The molecule has 1 aromatic rings. The number of aliphatic hydroxyl groups is 1. The van der Waals surface area contributed by atoms with Crippen LogP contribution in [0.3, 0.4) is 0 Å². The maximum absolute atomic E-state index is 9.85. The largest absolute Gasteiger partial charge is 0.497 e. The van der Waals surface area contributed by atoms with E-state index in [1.807, 2.05) is 12.1 Å². The van der Waals surface area contributed by atoms with Crippen LogP contribution in [0.15, 0.2) is 24.3 Å². The summed E-state index contributed by atoms with van der Waals surface area (Å²) >= 11 is 0. The van der Waals surface area contributed by atoms with Gasteiger partial charge in [-0.2, -0.15) is 0 Å². The van der Waals surface area contributed by atoms with Gasteiger partial charge in [-0.15, -0.1) is 0 Å². The summed E-state index contributed by atoms with van der Waals surface area (Å²) in [6.07, 6.45) is 4.09. The molecule has 0 aliphatic heterocycles. The van der Waals surface area contributed by atoms with Gasteiger partial charge in [-0.05, 0) is 36.5 Å². The molecule has 0 aliphatic rings. The van der Waals surface area contributed by atoms with Gasteiger partial charge < -0.3 is 15.6 Å². The van der Waals surface area contributed by atoms with Crippen molar-refractivity contribution in [3.63, 3.8) is 0 Å². The van der Waals surface area contributed by atoms with E-state index in [2.05, 4.69) is 26.0 Å². The minimum atomic E-state index is -0.159. The van der Waals surface area contributed by atoms with Crippen LogP contribution >= 0.6 is 0 Å². The van der Waals surface area contributed by atoms with Gasteiger partial charge in [0.05, 0.1) is 7.11 Å². The second-order valence-corrected chi connectivity index (χ2v) is 5.51. The standard InChI is InChI=1S/C17H29NO2/c1-4-7-15(12-19)17(13-18,10-5-2)14-8-6-9-16(11-14)20-3/h6,8-9,11,15,19H,4-5,7,10,12-13,18H2,1-3H3/t15-,17+/m0/s1. The molecule has 2 atom stereocenters. The molecule has 114 valence electrons. The summed E-state index contributed by atoms with van der Waals surface area (Å²) in [4.78, 5) is 0. The number of hydrogen-bond donors (Lipinski definition) is 2. The van der Waals surface area contributed by atoms with Gasteiger partial charge in [0.25, 0.3) is 0 Å². The van der Waals surface area contributed by atoms with Crippen LogP contribution in [-0.2, 0) is 5.41 Å². The Balaban J connectivity index is 3.26. The summed E-state index contributed by atoms with van der Waals surface area (Å²) in [6.45, 7) is 5.06. The SMILES string of the molecule is CCC[C@@H](CO)[C@@](CN)(CCC)c1cccc(OC)c1. The van der Waals surface area contributed by atoms with Crippen molar-refractivity contribution < 1.29 is 9.84 Å². The first-order chi connectivity index (χ1) is 9.68. The Labute approximate surface area is 123 Å². The third kappa shape index (κ3) is 3.53. The quantitative estimate of drug-likeness (QED) is 0.730. The lowest BCUT2D eigenvalue weighted by Gasteiger charge is -2.40. The van der Waals surface area contributed by atoms with Crippen LogP contribution in [-0.4, -0.2) is 25.4 Å². The molecule has 20 heavy (non-hydrogen) atoms. The molecule has 1 rings (SSSR count). The van der Waals surface area contributed by atoms with Gasteiger partial charge in [0.15, 0.2) is 0 Å². The lowest BCUT2D eigenvalue weighted by atomic mass is 9.66. The molecule has 0 bridgehead atoms. The third-order valence-corrected chi connectivity index (χ3v) is 4.34. The average Bonchev–Trinajstić information content (AvgIpc) is 2.50. The van der Waals surface area contributed by atoms with Crippen LogP contribution in [0, 0.1) is 5.92 Å². The van der Waals surface area contributed by atoms with Crippen molar-refractivity contribution in [3.05, 3.63) is 29.8 Å². The molecule has 1 aromatic carbocycles. The second-order valence-electron chi connectivity index (χ2n) is 5.51. The van der Waals surface area contributed by atoms with Gasteiger partial charge in [0.2, 0.25) is 0 Å². The van der Waals surface area contributed by atoms with Gasteiger partial charge >= 0.3 is 0 Å². The van der Waals surface area contributed by atoms with Crippen molar-refractivity contribution >= 4 is 0 Å². The molecule has 0 unspecified atom stereocenters. The molecule has 3 N–H and O–H groups in total. The first-order valence-electron chi connectivity index (χ1n) is 7.63. The number of methoxy groups -OCH3 is 1. The highest BCUT2D eigenvalue weighted by molar-refractivity contribution is 5.35. The average molecular weight is 279 g/mol. The number of aliphatic hydroxyl groups excluding tert-OH is 1. The predicted molar refractivity (Wildman–Crippen MR) is 84.1 cm³/mol. The van der Waals surface area contributed by atoms with Gasteiger partial charge in [-0.25, -0.2) is 0 Å². The highest BCUT2D eigenvalue weighted by Gasteiger charge is 2.37. The monoisotopic (exact) mass is 279 g/mol. The second kappa shape index (κ2) is 8.28. The molecule has 0 radical (unpaired) electrons. The molecule has 0 aliphatic carbocycles. The summed E-state index contributed by atoms with van der Waals surface area (Å²) < 4.78 is 5.34. The third-order valence-electron chi connectivity index (χ3n) is 4.34. The summed E-state index contributed by atoms with van der Waals surface area (Å²) in [5.41, 5.74) is 7.20. The minimum absolute atomic E-state index is 0.159. The molecule has 0 saturated carbocycles. The van der Waals surface area contributed by atoms with Gasteiger partial charge in [-0.3, -0.25) is 0 Å². The van der Waals surface area contributed by atoms with E-state index in [9.17, 15) is 5.11 Å². The summed E-state index contributed by atoms with van der Waals surface area (Å²) in [7, 11) is 1.68. The first-order valence-corrected chi connectivity index (χ1v) is 7.63. The number of rotatable bonds is 9. The molecule has 3 nitrogen and oxygen atoms in total. The van der Waals surface area contributed by atoms with E-state index >= 15 is 0 Å². The van der Waals surface area contributed by atoms with E-state index < -0.39 is 0 Å². The molecule has 0 fully saturated rings. The normalized spacial score (nSPS) is 15.7. The fourth-order valence-electron chi connectivity index (χ4n) is 3.24. The first kappa shape index (κ1) is 17.0. The highest BCUT2D eigenvalue weighted by Crippen LogP contribution is 2.39. The fourth-order valence-corrected chi connectivity index (χ4v) is 3.24. The lowest BCUT2D eigenvalue weighted by molar-refractivity contribution is 0.133. The van der Waals surface area contributed by atoms with Crippen LogP contribution in [0.2, 0.25) is 0 Å². The zero-order chi connectivity index (χ0) is 15.0. The van der Waals surface area contributed by atoms with E-state index in [1.165, 1.54) is 5.56 Å². The van der Waals surface area contributed by atoms with Crippen molar-refractivity contribution in [3.8, 4) is 5.75 Å². The van der Waals surface area contributed by atoms with Crippen molar-refractivity contribution in [2.75, 3.05) is 20.3 Å². The summed E-state index contributed by atoms with van der Waals surface area (Å²) in [5.74, 6) is 1.05. The Morgan fingerprint density at radius 1 is 1.30 bits per heavy atom. The number of ether oxygens (including phenoxy) is 1. The van der Waals surface area contributed by atoms with Crippen LogP contribution in [0.5, 0.6) is 5.75 Å². The van der Waals surface area contributed by atoms with E-state index in [0.29, 0.717) is 6.54 Å². The number of benzene rings is 1. The summed E-state index contributed by atoms with van der Waals surface area (Å²) in [5, 5.41) is 9.85. The van der Waals surface area contributed by atoms with Crippen molar-refractivity contribution in [1.82, 2.24) is 0 Å². The van der Waals surface area contributed by atoms with Crippen molar-refractivity contribution in [1.29, 1.82) is 0 Å². The minimum Gasteiger partial charge on any atom is -0.497 e. The molecular formula is C17H29NO2. The molecule has 0 amide bonds. The van der Waals surface area contributed by atoms with E-state index in [0.717, 1.165) is 31.4 Å². The maximum atomic E-state index is 9.85. The summed E-state index contributed by atoms with van der Waals surface area (Å²) in [6, 6.07) is 8.14. The van der Waals surface area contributed by atoms with Crippen molar-refractivity contribution in [2.45, 2.75) is 44.9 Å². The number of nitrogens with two attached hydrogens (primary N) is 1. The lowest BCUT2D eigenvalue weighted by Crippen LogP contribution is -2.44. The molecule has 0 heterocycles. The Kier molecular flexibility index (Phi) is 7.03. The number of hydrogen-bond acceptors (Lipinski definition) is 3. The van der Waals surface area contributed by atoms with Gasteiger partial charge in [0.1, 0.15) is 5.75 Å². The van der Waals surface area contributed by atoms with E-state index in [-0.39, 0.29) is 17.9 Å². The molecule has 0 aromatic heterocycles. The predicted octanol–water partition coefficient (Wildman–Crippen LogP) is 3.10. The topological polar surface area (TPSA) is 55.5 Å². The fraction of sp³-hybridized carbons (Fsp3) is 0.647. The van der Waals surface area contributed by atoms with Gasteiger partial charge in [-0.1, -0.05) is 38.8 Å².